The van der Waals surface area contributed by atoms with E-state index in [9.17, 15) is 0 Å². The van der Waals surface area contributed by atoms with Crippen LogP contribution in [0.5, 0.6) is 0 Å². The Hall–Kier alpha value is 0.270. The SMILES string of the molecule is C1CC2(CCN1)NCCS2.CC.CC. The maximum Gasteiger partial charge on any atom is 0.0670 e. The molecule has 0 amide bonds. The van der Waals surface area contributed by atoms with Gasteiger partial charge in [0, 0.05) is 12.3 Å². The number of thioether (sulfide) groups is 1. The van der Waals surface area contributed by atoms with Crippen LogP contribution in [-0.2, 0) is 0 Å². The zero-order valence-corrected chi connectivity index (χ0v) is 11.0. The molecule has 86 valence electrons. The van der Waals surface area contributed by atoms with Crippen LogP contribution in [0.2, 0.25) is 0 Å². The Morgan fingerprint density at radius 1 is 0.929 bits per heavy atom. The molecule has 2 N–H and O–H groups in total. The van der Waals surface area contributed by atoms with E-state index in [0.717, 1.165) is 0 Å². The lowest BCUT2D eigenvalue weighted by Crippen LogP contribution is -2.46. The fourth-order valence-electron chi connectivity index (χ4n) is 1.73. The van der Waals surface area contributed by atoms with Gasteiger partial charge >= 0.3 is 0 Å². The molecule has 2 aliphatic heterocycles. The summed E-state index contributed by atoms with van der Waals surface area (Å²) in [4.78, 5) is 0.477. The predicted molar refractivity (Wildman–Crippen MR) is 68.0 cm³/mol. The number of hydrogen-bond donors (Lipinski definition) is 2. The Labute approximate surface area is 93.6 Å². The quantitative estimate of drug-likeness (QED) is 0.653. The molecule has 2 saturated heterocycles. The van der Waals surface area contributed by atoms with E-state index in [1.807, 2.05) is 27.7 Å². The van der Waals surface area contributed by atoms with Crippen molar-refractivity contribution in [3.63, 3.8) is 0 Å². The van der Waals surface area contributed by atoms with E-state index in [2.05, 4.69) is 22.4 Å². The van der Waals surface area contributed by atoms with Crippen LogP contribution >= 0.6 is 11.8 Å². The highest BCUT2D eigenvalue weighted by molar-refractivity contribution is 8.00. The van der Waals surface area contributed by atoms with Crippen LogP contribution in [0.25, 0.3) is 0 Å². The van der Waals surface area contributed by atoms with Crippen molar-refractivity contribution in [3.8, 4) is 0 Å². The first-order chi connectivity index (χ1) is 6.91. The number of nitrogens with one attached hydrogen (secondary N) is 2. The zero-order valence-electron chi connectivity index (χ0n) is 10.2. The van der Waals surface area contributed by atoms with Crippen LogP contribution < -0.4 is 10.6 Å². The van der Waals surface area contributed by atoms with Crippen molar-refractivity contribution >= 4 is 11.8 Å². The van der Waals surface area contributed by atoms with Gasteiger partial charge in [-0.2, -0.15) is 0 Å². The minimum atomic E-state index is 0.477. The summed E-state index contributed by atoms with van der Waals surface area (Å²) in [6, 6.07) is 0. The molecule has 0 unspecified atom stereocenters. The van der Waals surface area contributed by atoms with Gasteiger partial charge in [-0.25, -0.2) is 0 Å². The van der Waals surface area contributed by atoms with Crippen molar-refractivity contribution in [3.05, 3.63) is 0 Å². The summed E-state index contributed by atoms with van der Waals surface area (Å²) in [5, 5.41) is 6.98. The van der Waals surface area contributed by atoms with Gasteiger partial charge in [-0.1, -0.05) is 27.7 Å². The molecule has 1 spiro atoms. The van der Waals surface area contributed by atoms with E-state index in [0.29, 0.717) is 4.87 Å². The second-order valence-corrected chi connectivity index (χ2v) is 4.50. The Bertz CT molecular complexity index is 114. The molecule has 14 heavy (non-hydrogen) atoms. The summed E-state index contributed by atoms with van der Waals surface area (Å²) in [7, 11) is 0. The van der Waals surface area contributed by atoms with Gasteiger partial charge in [-0.3, -0.25) is 0 Å². The molecular formula is C11H26N2S. The highest BCUT2D eigenvalue weighted by Gasteiger charge is 2.34. The molecule has 2 fully saturated rings. The van der Waals surface area contributed by atoms with Crippen LogP contribution in [0.15, 0.2) is 0 Å². The average Bonchev–Trinajstić information content (AvgIpc) is 2.73. The van der Waals surface area contributed by atoms with Crippen molar-refractivity contribution in [2.75, 3.05) is 25.4 Å². The molecule has 0 atom stereocenters. The van der Waals surface area contributed by atoms with Gasteiger partial charge in [0.1, 0.15) is 0 Å². The minimum Gasteiger partial charge on any atom is -0.317 e. The van der Waals surface area contributed by atoms with E-state index in [-0.39, 0.29) is 0 Å². The lowest BCUT2D eigenvalue weighted by Gasteiger charge is -2.32. The fraction of sp³-hybridized carbons (Fsp3) is 1.00. The predicted octanol–water partition coefficient (Wildman–Crippen LogP) is 2.45. The van der Waals surface area contributed by atoms with Crippen molar-refractivity contribution in [1.82, 2.24) is 10.6 Å². The largest absolute Gasteiger partial charge is 0.317 e. The number of hydrogen-bond acceptors (Lipinski definition) is 3. The lowest BCUT2D eigenvalue weighted by atomic mass is 10.1. The summed E-state index contributed by atoms with van der Waals surface area (Å²) in [6.45, 7) is 11.6. The smallest absolute Gasteiger partial charge is 0.0670 e. The molecule has 0 aromatic carbocycles. The third kappa shape index (κ3) is 4.20. The summed E-state index contributed by atoms with van der Waals surface area (Å²) in [5.74, 6) is 1.31. The summed E-state index contributed by atoms with van der Waals surface area (Å²) in [5.41, 5.74) is 0. The Kier molecular flexibility index (Phi) is 8.73. The van der Waals surface area contributed by atoms with Crippen molar-refractivity contribution < 1.29 is 0 Å². The third-order valence-corrected chi connectivity index (χ3v) is 3.85. The molecule has 0 saturated carbocycles. The molecule has 0 radical (unpaired) electrons. The monoisotopic (exact) mass is 218 g/mol. The first-order valence-electron chi connectivity index (χ1n) is 6.01. The van der Waals surface area contributed by atoms with E-state index in [1.54, 1.807) is 0 Å². The van der Waals surface area contributed by atoms with Gasteiger partial charge in [0.15, 0.2) is 0 Å². The lowest BCUT2D eigenvalue weighted by molar-refractivity contribution is 0.371. The summed E-state index contributed by atoms with van der Waals surface area (Å²) < 4.78 is 0. The molecule has 2 nitrogen and oxygen atoms in total. The fourth-order valence-corrected chi connectivity index (χ4v) is 3.02. The molecular weight excluding hydrogens is 192 g/mol. The summed E-state index contributed by atoms with van der Waals surface area (Å²) >= 11 is 2.11. The molecule has 0 aromatic rings. The normalized spacial score (nSPS) is 23.1. The van der Waals surface area contributed by atoms with Gasteiger partial charge in [0.2, 0.25) is 0 Å². The third-order valence-electron chi connectivity index (χ3n) is 2.34. The maximum absolute atomic E-state index is 3.59. The number of piperidine rings is 1. The highest BCUT2D eigenvalue weighted by Crippen LogP contribution is 2.34. The van der Waals surface area contributed by atoms with Crippen molar-refractivity contribution in [1.29, 1.82) is 0 Å². The first-order valence-corrected chi connectivity index (χ1v) is 7.00. The van der Waals surface area contributed by atoms with Crippen LogP contribution in [0.4, 0.5) is 0 Å². The molecule has 0 bridgehead atoms. The van der Waals surface area contributed by atoms with Crippen LogP contribution in [0.3, 0.4) is 0 Å². The van der Waals surface area contributed by atoms with Gasteiger partial charge in [-0.05, 0) is 25.9 Å². The molecule has 2 heterocycles. The van der Waals surface area contributed by atoms with Crippen molar-refractivity contribution in [2.45, 2.75) is 45.4 Å². The van der Waals surface area contributed by atoms with Crippen LogP contribution in [0.1, 0.15) is 40.5 Å². The highest BCUT2D eigenvalue weighted by atomic mass is 32.2. The van der Waals surface area contributed by atoms with E-state index in [4.69, 9.17) is 0 Å². The Morgan fingerprint density at radius 3 is 1.93 bits per heavy atom. The second kappa shape index (κ2) is 8.57. The van der Waals surface area contributed by atoms with E-state index in [1.165, 1.54) is 38.2 Å². The molecule has 0 aromatic heterocycles. The van der Waals surface area contributed by atoms with Gasteiger partial charge < -0.3 is 10.6 Å². The standard InChI is InChI=1S/C7H14N2S.2C2H6/c1-3-8-4-2-7(1)9-5-6-10-7;2*1-2/h8-9H,1-6H2;2*1-2H3. The molecule has 2 aliphatic rings. The average molecular weight is 218 g/mol. The molecule has 2 rings (SSSR count). The zero-order chi connectivity index (χ0) is 10.9. The van der Waals surface area contributed by atoms with Crippen LogP contribution in [-0.4, -0.2) is 30.3 Å². The first kappa shape index (κ1) is 14.3. The molecule has 0 aliphatic carbocycles. The Balaban J connectivity index is 0.000000379. The van der Waals surface area contributed by atoms with Gasteiger partial charge in [0.05, 0.1) is 4.87 Å². The molecule has 3 heteroatoms. The van der Waals surface area contributed by atoms with Gasteiger partial charge in [-0.15, -0.1) is 11.8 Å². The van der Waals surface area contributed by atoms with E-state index < -0.39 is 0 Å². The Morgan fingerprint density at radius 2 is 1.50 bits per heavy atom. The maximum atomic E-state index is 3.59. The van der Waals surface area contributed by atoms with E-state index >= 15 is 0 Å². The van der Waals surface area contributed by atoms with Gasteiger partial charge in [0.25, 0.3) is 0 Å². The minimum absolute atomic E-state index is 0.477. The number of rotatable bonds is 0. The summed E-state index contributed by atoms with van der Waals surface area (Å²) in [6.07, 6.45) is 2.61. The van der Waals surface area contributed by atoms with Crippen LogP contribution in [0, 0.1) is 0 Å². The second-order valence-electron chi connectivity index (χ2n) is 3.02. The van der Waals surface area contributed by atoms with Crippen molar-refractivity contribution in [2.24, 2.45) is 0 Å². The topological polar surface area (TPSA) is 24.1 Å².